The van der Waals surface area contributed by atoms with Crippen molar-refractivity contribution in [2.45, 2.75) is 20.5 Å². The number of methoxy groups -OCH3 is 2. The molecule has 1 amide bonds. The third-order valence-corrected chi connectivity index (χ3v) is 4.75. The van der Waals surface area contributed by atoms with Crippen LogP contribution in [-0.4, -0.2) is 37.2 Å². The number of hydrogen-bond acceptors (Lipinski definition) is 8. The Morgan fingerprint density at radius 2 is 1.72 bits per heavy atom. The molecule has 9 heteroatoms. The van der Waals surface area contributed by atoms with Crippen LogP contribution >= 0.6 is 0 Å². The number of ether oxygens (including phenoxy) is 3. The summed E-state index contributed by atoms with van der Waals surface area (Å²) in [5, 5.41) is 6.53. The van der Waals surface area contributed by atoms with Crippen LogP contribution in [0.3, 0.4) is 0 Å². The maximum atomic E-state index is 12.9. The highest BCUT2D eigenvalue weighted by atomic mass is 16.5. The van der Waals surface area contributed by atoms with E-state index in [0.717, 1.165) is 11.3 Å². The molecule has 0 saturated heterocycles. The molecule has 1 aromatic heterocycles. The molecule has 0 bridgehead atoms. The highest BCUT2D eigenvalue weighted by molar-refractivity contribution is 6.09. The predicted molar refractivity (Wildman–Crippen MR) is 114 cm³/mol. The maximum absolute atomic E-state index is 12.9. The van der Waals surface area contributed by atoms with Crippen LogP contribution in [-0.2, 0) is 16.1 Å². The van der Waals surface area contributed by atoms with Crippen LogP contribution in [0.4, 0.5) is 5.69 Å². The molecule has 1 heterocycles. The molecule has 2 aromatic carbocycles. The number of aromatic nitrogens is 1. The molecule has 0 spiro atoms. The van der Waals surface area contributed by atoms with Gasteiger partial charge in [0.25, 0.3) is 5.91 Å². The van der Waals surface area contributed by atoms with E-state index in [0.29, 0.717) is 17.1 Å². The lowest BCUT2D eigenvalue weighted by molar-refractivity contribution is 0.0587. The van der Waals surface area contributed by atoms with E-state index in [2.05, 4.69) is 10.5 Å². The lowest BCUT2D eigenvalue weighted by Gasteiger charge is -2.12. The van der Waals surface area contributed by atoms with Crippen LogP contribution < -0.4 is 10.1 Å². The number of nitrogens with one attached hydrogen (secondary N) is 1. The average molecular weight is 438 g/mol. The zero-order valence-corrected chi connectivity index (χ0v) is 18.1. The first kappa shape index (κ1) is 22.5. The summed E-state index contributed by atoms with van der Waals surface area (Å²) in [7, 11) is 2.46. The van der Waals surface area contributed by atoms with E-state index >= 15 is 0 Å². The molecule has 3 rings (SSSR count). The number of nitrogens with zero attached hydrogens (tertiary/aromatic N) is 1. The van der Waals surface area contributed by atoms with Crippen molar-refractivity contribution in [1.82, 2.24) is 5.16 Å². The Labute approximate surface area is 184 Å². The van der Waals surface area contributed by atoms with Gasteiger partial charge in [-0.05, 0) is 50.2 Å². The molecule has 9 nitrogen and oxygen atoms in total. The molecular formula is C23H22N2O7. The van der Waals surface area contributed by atoms with Gasteiger partial charge in [0.05, 0.1) is 42.3 Å². The number of hydrogen-bond donors (Lipinski definition) is 1. The Morgan fingerprint density at radius 3 is 2.38 bits per heavy atom. The predicted octanol–water partition coefficient (Wildman–Crippen LogP) is 3.70. The zero-order valence-electron chi connectivity index (χ0n) is 18.1. The zero-order chi connectivity index (χ0) is 23.3. The second kappa shape index (κ2) is 9.78. The SMILES string of the molecule is COC(=O)c1ccc(C(=O)OC)c(NC(=O)c2cccc(OCc3c(C)noc3C)c2)c1. The monoisotopic (exact) mass is 438 g/mol. The lowest BCUT2D eigenvalue weighted by Crippen LogP contribution is -2.16. The first-order valence-corrected chi connectivity index (χ1v) is 9.60. The first-order valence-electron chi connectivity index (χ1n) is 9.60. The molecule has 0 aliphatic heterocycles. The molecule has 0 saturated carbocycles. The van der Waals surface area contributed by atoms with E-state index in [1.165, 1.54) is 32.4 Å². The molecule has 1 N–H and O–H groups in total. The minimum Gasteiger partial charge on any atom is -0.489 e. The summed E-state index contributed by atoms with van der Waals surface area (Å²) in [6.07, 6.45) is 0. The largest absolute Gasteiger partial charge is 0.489 e. The van der Waals surface area contributed by atoms with Crippen molar-refractivity contribution < 1.29 is 33.1 Å². The molecule has 0 aliphatic carbocycles. The van der Waals surface area contributed by atoms with Crippen molar-refractivity contribution >= 4 is 23.5 Å². The summed E-state index contributed by atoms with van der Waals surface area (Å²) >= 11 is 0. The summed E-state index contributed by atoms with van der Waals surface area (Å²) in [5.74, 6) is -0.633. The molecule has 32 heavy (non-hydrogen) atoms. The number of anilines is 1. The minimum absolute atomic E-state index is 0.0966. The van der Waals surface area contributed by atoms with Gasteiger partial charge in [-0.3, -0.25) is 4.79 Å². The molecule has 0 radical (unpaired) electrons. The Morgan fingerprint density at radius 1 is 0.969 bits per heavy atom. The van der Waals surface area contributed by atoms with Crippen molar-refractivity contribution in [3.05, 3.63) is 76.2 Å². The summed E-state index contributed by atoms with van der Waals surface area (Å²) in [4.78, 5) is 36.8. The second-order valence-electron chi connectivity index (χ2n) is 6.82. The number of rotatable bonds is 7. The van der Waals surface area contributed by atoms with Crippen LogP contribution in [0.25, 0.3) is 0 Å². The Bertz CT molecular complexity index is 1150. The maximum Gasteiger partial charge on any atom is 0.339 e. The van der Waals surface area contributed by atoms with Crippen LogP contribution in [0.1, 0.15) is 48.1 Å². The van der Waals surface area contributed by atoms with E-state index in [9.17, 15) is 14.4 Å². The van der Waals surface area contributed by atoms with Crippen molar-refractivity contribution in [2.24, 2.45) is 0 Å². The lowest BCUT2D eigenvalue weighted by atomic mass is 10.1. The molecule has 0 aliphatic rings. The quantitative estimate of drug-likeness (QED) is 0.555. The highest BCUT2D eigenvalue weighted by Gasteiger charge is 2.18. The number of amides is 1. The van der Waals surface area contributed by atoms with Gasteiger partial charge < -0.3 is 24.1 Å². The van der Waals surface area contributed by atoms with Crippen molar-refractivity contribution in [2.75, 3.05) is 19.5 Å². The van der Waals surface area contributed by atoms with Gasteiger partial charge in [0.2, 0.25) is 0 Å². The fourth-order valence-electron chi connectivity index (χ4n) is 2.97. The third kappa shape index (κ3) is 4.94. The topological polar surface area (TPSA) is 117 Å². The van der Waals surface area contributed by atoms with E-state index in [-0.39, 0.29) is 23.4 Å². The van der Waals surface area contributed by atoms with Gasteiger partial charge in [0.1, 0.15) is 18.1 Å². The second-order valence-corrected chi connectivity index (χ2v) is 6.82. The summed E-state index contributed by atoms with van der Waals surface area (Å²) < 4.78 is 20.4. The summed E-state index contributed by atoms with van der Waals surface area (Å²) in [6.45, 7) is 3.85. The van der Waals surface area contributed by atoms with Crippen LogP contribution in [0.5, 0.6) is 5.75 Å². The standard InChI is InChI=1S/C23H22N2O7/c1-13-19(14(2)32-25-13)12-31-17-7-5-6-15(10-17)21(26)24-20-11-16(22(27)29-3)8-9-18(20)23(28)30-4/h5-11H,12H2,1-4H3,(H,24,26). The van der Waals surface area contributed by atoms with Gasteiger partial charge in [0.15, 0.2) is 0 Å². The normalized spacial score (nSPS) is 10.4. The Balaban J connectivity index is 1.81. The number of benzene rings is 2. The van der Waals surface area contributed by atoms with Gasteiger partial charge in [-0.25, -0.2) is 9.59 Å². The average Bonchev–Trinajstić information content (AvgIpc) is 3.13. The molecular weight excluding hydrogens is 416 g/mol. The molecule has 0 fully saturated rings. The molecule has 0 unspecified atom stereocenters. The minimum atomic E-state index is -0.659. The van der Waals surface area contributed by atoms with E-state index in [4.69, 9.17) is 18.7 Å². The fourth-order valence-corrected chi connectivity index (χ4v) is 2.97. The van der Waals surface area contributed by atoms with Gasteiger partial charge in [-0.15, -0.1) is 0 Å². The number of carbonyl (C=O) groups excluding carboxylic acids is 3. The number of carbonyl (C=O) groups is 3. The first-order chi connectivity index (χ1) is 15.3. The third-order valence-electron chi connectivity index (χ3n) is 4.75. The smallest absolute Gasteiger partial charge is 0.339 e. The van der Waals surface area contributed by atoms with Crippen molar-refractivity contribution in [3.8, 4) is 5.75 Å². The van der Waals surface area contributed by atoms with Gasteiger partial charge in [-0.2, -0.15) is 0 Å². The van der Waals surface area contributed by atoms with Crippen molar-refractivity contribution in [3.63, 3.8) is 0 Å². The van der Waals surface area contributed by atoms with Gasteiger partial charge in [-0.1, -0.05) is 11.2 Å². The van der Waals surface area contributed by atoms with E-state index in [1.54, 1.807) is 31.2 Å². The summed E-state index contributed by atoms with van der Waals surface area (Å²) in [5.41, 5.74) is 2.25. The number of aryl methyl sites for hydroxylation is 2. The van der Waals surface area contributed by atoms with Crippen LogP contribution in [0.15, 0.2) is 47.0 Å². The fraction of sp³-hybridized carbons (Fsp3) is 0.217. The van der Waals surface area contributed by atoms with Crippen molar-refractivity contribution in [1.29, 1.82) is 0 Å². The van der Waals surface area contributed by atoms with Gasteiger partial charge >= 0.3 is 11.9 Å². The van der Waals surface area contributed by atoms with Crippen LogP contribution in [0.2, 0.25) is 0 Å². The Hall–Kier alpha value is -4.14. The van der Waals surface area contributed by atoms with Gasteiger partial charge in [0, 0.05) is 5.56 Å². The molecule has 3 aromatic rings. The Kier molecular flexibility index (Phi) is 6.89. The molecule has 0 atom stereocenters. The molecule has 166 valence electrons. The summed E-state index contributed by atoms with van der Waals surface area (Å²) in [6, 6.07) is 10.7. The number of esters is 2. The van der Waals surface area contributed by atoms with Crippen LogP contribution in [0, 0.1) is 13.8 Å². The van der Waals surface area contributed by atoms with E-state index in [1.807, 2.05) is 6.92 Å². The van der Waals surface area contributed by atoms with E-state index < -0.39 is 17.8 Å². The highest BCUT2D eigenvalue weighted by Crippen LogP contribution is 2.22.